The van der Waals surface area contributed by atoms with Gasteiger partial charge in [-0.1, -0.05) is 11.6 Å². The topological polar surface area (TPSA) is 44.3 Å². The van der Waals surface area contributed by atoms with Crippen molar-refractivity contribution in [1.82, 2.24) is 14.9 Å². The summed E-state index contributed by atoms with van der Waals surface area (Å²) in [6.07, 6.45) is 4.28. The van der Waals surface area contributed by atoms with Gasteiger partial charge in [-0.25, -0.2) is 4.98 Å². The number of nitrogens with one attached hydrogen (secondary N) is 1. The molecule has 0 spiro atoms. The molecule has 0 atom stereocenters. The Bertz CT molecular complexity index is 392. The minimum absolute atomic E-state index is 0.595. The molecular formula is C12H20ClN5. The number of anilines is 2. The van der Waals surface area contributed by atoms with Crippen molar-refractivity contribution in [1.29, 1.82) is 0 Å². The third kappa shape index (κ3) is 3.23. The van der Waals surface area contributed by atoms with Crippen molar-refractivity contribution in [2.24, 2.45) is 0 Å². The lowest BCUT2D eigenvalue weighted by molar-refractivity contribution is 0.346. The molecule has 1 aromatic heterocycles. The Kier molecular flexibility index (Phi) is 4.60. The first-order valence-corrected chi connectivity index (χ1v) is 6.72. The van der Waals surface area contributed by atoms with Gasteiger partial charge in [-0.2, -0.15) is 4.98 Å². The highest BCUT2D eigenvalue weighted by Gasteiger charge is 2.14. The summed E-state index contributed by atoms with van der Waals surface area (Å²) in [6.45, 7) is 4.42. The quantitative estimate of drug-likeness (QED) is 0.882. The maximum absolute atomic E-state index is 6.14. The van der Waals surface area contributed by atoms with Crippen LogP contribution in [0.15, 0.2) is 6.20 Å². The molecule has 0 radical (unpaired) electrons. The van der Waals surface area contributed by atoms with Crippen molar-refractivity contribution in [3.8, 4) is 0 Å². The number of rotatable bonds is 5. The normalized spacial score (nSPS) is 15.9. The molecule has 2 rings (SSSR count). The molecule has 6 heteroatoms. The van der Waals surface area contributed by atoms with Crippen LogP contribution in [0.1, 0.15) is 12.8 Å². The molecule has 0 aromatic carbocycles. The maximum atomic E-state index is 6.14. The van der Waals surface area contributed by atoms with E-state index in [0.29, 0.717) is 11.0 Å². The average molecular weight is 270 g/mol. The zero-order valence-electron chi connectivity index (χ0n) is 11.0. The number of likely N-dealkylation sites (N-methyl/N-ethyl adjacent to an activating group) is 1. The third-order valence-electron chi connectivity index (χ3n) is 3.26. The summed E-state index contributed by atoms with van der Waals surface area (Å²) in [4.78, 5) is 13.0. The van der Waals surface area contributed by atoms with E-state index in [-0.39, 0.29) is 0 Å². The number of hydrogen-bond acceptors (Lipinski definition) is 5. The van der Waals surface area contributed by atoms with E-state index in [2.05, 4.69) is 25.1 Å². The van der Waals surface area contributed by atoms with Crippen molar-refractivity contribution < 1.29 is 0 Å². The number of aromatic nitrogens is 2. The Morgan fingerprint density at radius 3 is 2.83 bits per heavy atom. The molecular weight excluding hydrogens is 250 g/mol. The molecule has 1 fully saturated rings. The van der Waals surface area contributed by atoms with Crippen molar-refractivity contribution >= 4 is 23.4 Å². The molecule has 0 aliphatic carbocycles. The average Bonchev–Trinajstić information content (AvgIpc) is 2.89. The van der Waals surface area contributed by atoms with Crippen LogP contribution in [0.3, 0.4) is 0 Å². The summed E-state index contributed by atoms with van der Waals surface area (Å²) in [5.74, 6) is 1.39. The van der Waals surface area contributed by atoms with E-state index in [9.17, 15) is 0 Å². The van der Waals surface area contributed by atoms with Gasteiger partial charge in [0.2, 0.25) is 5.95 Å². The fourth-order valence-electron chi connectivity index (χ4n) is 2.15. The lowest BCUT2D eigenvalue weighted by Gasteiger charge is -2.23. The largest absolute Gasteiger partial charge is 0.357 e. The van der Waals surface area contributed by atoms with Gasteiger partial charge in [0.1, 0.15) is 5.02 Å². The molecule has 1 N–H and O–H groups in total. The molecule has 1 saturated heterocycles. The second-order valence-electron chi connectivity index (χ2n) is 4.59. The molecule has 0 bridgehead atoms. The van der Waals surface area contributed by atoms with Gasteiger partial charge < -0.3 is 15.1 Å². The molecule has 0 saturated carbocycles. The van der Waals surface area contributed by atoms with Crippen LogP contribution in [0.5, 0.6) is 0 Å². The monoisotopic (exact) mass is 269 g/mol. The van der Waals surface area contributed by atoms with Gasteiger partial charge in [-0.3, -0.25) is 0 Å². The van der Waals surface area contributed by atoms with Gasteiger partial charge in [-0.05, 0) is 25.9 Å². The second kappa shape index (κ2) is 6.20. The minimum atomic E-state index is 0.595. The highest BCUT2D eigenvalue weighted by atomic mass is 35.5. The van der Waals surface area contributed by atoms with Crippen LogP contribution < -0.4 is 10.2 Å². The van der Waals surface area contributed by atoms with Crippen molar-refractivity contribution in [2.45, 2.75) is 12.8 Å². The van der Waals surface area contributed by atoms with Crippen molar-refractivity contribution in [3.05, 3.63) is 11.2 Å². The molecule has 1 aliphatic heterocycles. The second-order valence-corrected chi connectivity index (χ2v) is 4.99. The van der Waals surface area contributed by atoms with Gasteiger partial charge in [0.15, 0.2) is 5.82 Å². The minimum Gasteiger partial charge on any atom is -0.357 e. The molecule has 2 heterocycles. The zero-order chi connectivity index (χ0) is 13.0. The third-order valence-corrected chi connectivity index (χ3v) is 3.53. The van der Waals surface area contributed by atoms with E-state index in [0.717, 1.165) is 18.9 Å². The zero-order valence-corrected chi connectivity index (χ0v) is 11.7. The van der Waals surface area contributed by atoms with Gasteiger partial charge in [0, 0.05) is 27.2 Å². The fraction of sp³-hybridized carbons (Fsp3) is 0.667. The molecule has 5 nitrogen and oxygen atoms in total. The van der Waals surface area contributed by atoms with E-state index in [1.54, 1.807) is 13.2 Å². The Hall–Kier alpha value is -1.07. The first-order valence-electron chi connectivity index (χ1n) is 6.34. The van der Waals surface area contributed by atoms with E-state index in [1.807, 2.05) is 7.05 Å². The van der Waals surface area contributed by atoms with Gasteiger partial charge in [0.25, 0.3) is 0 Å². The predicted octanol–water partition coefficient (Wildman–Crippen LogP) is 1.70. The van der Waals surface area contributed by atoms with Gasteiger partial charge >= 0.3 is 0 Å². The summed E-state index contributed by atoms with van der Waals surface area (Å²) in [5, 5.41) is 3.52. The van der Waals surface area contributed by atoms with Crippen LogP contribution in [0.4, 0.5) is 11.8 Å². The summed E-state index contributed by atoms with van der Waals surface area (Å²) in [6, 6.07) is 0. The first-order chi connectivity index (χ1) is 8.70. The number of likely N-dealkylation sites (tertiary alicyclic amines) is 1. The molecule has 1 aromatic rings. The summed E-state index contributed by atoms with van der Waals surface area (Å²) in [7, 11) is 3.82. The number of hydrogen-bond donors (Lipinski definition) is 1. The summed E-state index contributed by atoms with van der Waals surface area (Å²) < 4.78 is 0. The van der Waals surface area contributed by atoms with Gasteiger partial charge in [-0.15, -0.1) is 0 Å². The summed E-state index contributed by atoms with van der Waals surface area (Å²) >= 11 is 6.14. The van der Waals surface area contributed by atoms with E-state index >= 15 is 0 Å². The Morgan fingerprint density at radius 1 is 1.44 bits per heavy atom. The molecule has 0 amide bonds. The van der Waals surface area contributed by atoms with Crippen LogP contribution in [-0.4, -0.2) is 55.1 Å². The highest BCUT2D eigenvalue weighted by molar-refractivity contribution is 6.32. The molecule has 18 heavy (non-hydrogen) atoms. The Morgan fingerprint density at radius 2 is 2.17 bits per heavy atom. The predicted molar refractivity (Wildman–Crippen MR) is 75.5 cm³/mol. The van der Waals surface area contributed by atoms with E-state index in [1.165, 1.54) is 25.9 Å². The number of nitrogens with zero attached hydrogens (tertiary/aromatic N) is 4. The van der Waals surface area contributed by atoms with E-state index in [4.69, 9.17) is 11.6 Å². The lowest BCUT2D eigenvalue weighted by Crippen LogP contribution is -2.32. The smallest absolute Gasteiger partial charge is 0.224 e. The van der Waals surface area contributed by atoms with Gasteiger partial charge in [0.05, 0.1) is 6.20 Å². The van der Waals surface area contributed by atoms with Crippen molar-refractivity contribution in [2.75, 3.05) is 50.5 Å². The Balaban J connectivity index is 1.96. The van der Waals surface area contributed by atoms with Crippen LogP contribution in [-0.2, 0) is 0 Å². The Labute approximate surface area is 113 Å². The van der Waals surface area contributed by atoms with Crippen LogP contribution >= 0.6 is 11.6 Å². The van der Waals surface area contributed by atoms with Crippen LogP contribution in [0.2, 0.25) is 5.02 Å². The molecule has 100 valence electrons. The SMILES string of the molecule is CNc1ncc(Cl)c(N(C)CCN2CCCC2)n1. The van der Waals surface area contributed by atoms with E-state index < -0.39 is 0 Å². The van der Waals surface area contributed by atoms with Crippen LogP contribution in [0, 0.1) is 0 Å². The number of halogens is 1. The fourth-order valence-corrected chi connectivity index (χ4v) is 2.39. The molecule has 1 aliphatic rings. The lowest BCUT2D eigenvalue weighted by atomic mass is 10.4. The molecule has 0 unspecified atom stereocenters. The first kappa shape index (κ1) is 13.4. The highest BCUT2D eigenvalue weighted by Crippen LogP contribution is 2.22. The maximum Gasteiger partial charge on any atom is 0.224 e. The van der Waals surface area contributed by atoms with Crippen molar-refractivity contribution in [3.63, 3.8) is 0 Å². The summed E-state index contributed by atoms with van der Waals surface area (Å²) in [5.41, 5.74) is 0. The standard InChI is InChI=1S/C12H20ClN5/c1-14-12-15-9-10(13)11(16-12)17(2)7-8-18-5-3-4-6-18/h9H,3-8H2,1-2H3,(H,14,15,16). The van der Waals surface area contributed by atoms with Crippen LogP contribution in [0.25, 0.3) is 0 Å².